The highest BCUT2D eigenvalue weighted by Crippen LogP contribution is 2.33. The third-order valence-electron chi connectivity index (χ3n) is 4.45. The molecule has 0 unspecified atom stereocenters. The van der Waals surface area contributed by atoms with Gasteiger partial charge < -0.3 is 9.73 Å². The Morgan fingerprint density at radius 3 is 2.40 bits per heavy atom. The molecular formula is C22H26N4O3S. The largest absolute Gasteiger partial charge is 0.464 e. The standard InChI is InChI=1S/C22H26N4O3S/c1-13-7-9-17(14(2)11-13)26(21(28)16-12-30-25-24-16)19(18-10-8-15(3)29-18)20(27)23-22(4,5)6/h7-12,19H,1-6H3,(H,23,27)/t19-/m0/s1. The Bertz CT molecular complexity index is 1050. The molecule has 0 bridgehead atoms. The van der Waals surface area contributed by atoms with Crippen molar-refractivity contribution < 1.29 is 14.0 Å². The molecule has 2 heterocycles. The lowest BCUT2D eigenvalue weighted by atomic mass is 10.0. The lowest BCUT2D eigenvalue weighted by Gasteiger charge is -2.32. The molecule has 0 aliphatic heterocycles. The van der Waals surface area contributed by atoms with Crippen molar-refractivity contribution in [1.29, 1.82) is 0 Å². The van der Waals surface area contributed by atoms with Gasteiger partial charge in [-0.2, -0.15) is 0 Å². The molecule has 0 spiro atoms. The molecule has 2 aromatic heterocycles. The molecular weight excluding hydrogens is 400 g/mol. The summed E-state index contributed by atoms with van der Waals surface area (Å²) in [7, 11) is 0. The molecule has 8 heteroatoms. The van der Waals surface area contributed by atoms with E-state index in [0.29, 0.717) is 17.2 Å². The van der Waals surface area contributed by atoms with Gasteiger partial charge in [0, 0.05) is 16.6 Å². The second-order valence-corrected chi connectivity index (χ2v) is 8.96. The first-order chi connectivity index (χ1) is 14.1. The maximum absolute atomic E-state index is 13.5. The van der Waals surface area contributed by atoms with Crippen LogP contribution in [-0.2, 0) is 4.79 Å². The summed E-state index contributed by atoms with van der Waals surface area (Å²) in [6, 6.07) is 8.23. The molecule has 1 atom stereocenters. The molecule has 0 aliphatic carbocycles. The number of amides is 2. The first-order valence-corrected chi connectivity index (χ1v) is 10.5. The number of carbonyl (C=O) groups is 2. The maximum Gasteiger partial charge on any atom is 0.280 e. The van der Waals surface area contributed by atoms with Crippen LogP contribution in [0.1, 0.15) is 59.9 Å². The van der Waals surface area contributed by atoms with Crippen LogP contribution in [0.3, 0.4) is 0 Å². The van der Waals surface area contributed by atoms with Gasteiger partial charge in [-0.05, 0) is 76.8 Å². The van der Waals surface area contributed by atoms with Gasteiger partial charge >= 0.3 is 0 Å². The molecule has 0 aliphatic rings. The number of rotatable bonds is 5. The molecule has 158 valence electrons. The Balaban J connectivity index is 2.20. The molecule has 3 rings (SSSR count). The third-order valence-corrected chi connectivity index (χ3v) is 4.95. The zero-order valence-corrected chi connectivity index (χ0v) is 18.8. The molecule has 3 aromatic rings. The number of hydrogen-bond acceptors (Lipinski definition) is 6. The number of furan rings is 1. The zero-order chi connectivity index (χ0) is 22.1. The summed E-state index contributed by atoms with van der Waals surface area (Å²) in [6.45, 7) is 11.4. The van der Waals surface area contributed by atoms with Crippen molar-refractivity contribution in [2.45, 2.75) is 53.1 Å². The van der Waals surface area contributed by atoms with Gasteiger partial charge in [-0.15, -0.1) is 5.10 Å². The van der Waals surface area contributed by atoms with Crippen LogP contribution in [0.2, 0.25) is 0 Å². The van der Waals surface area contributed by atoms with Crippen LogP contribution in [0.4, 0.5) is 5.69 Å². The summed E-state index contributed by atoms with van der Waals surface area (Å²) in [5.41, 5.74) is 2.22. The van der Waals surface area contributed by atoms with Crippen LogP contribution in [0.25, 0.3) is 0 Å². The highest BCUT2D eigenvalue weighted by molar-refractivity contribution is 7.03. The lowest BCUT2D eigenvalue weighted by molar-refractivity contribution is -0.124. The minimum absolute atomic E-state index is 0.178. The molecule has 30 heavy (non-hydrogen) atoms. The first kappa shape index (κ1) is 21.7. The van der Waals surface area contributed by atoms with E-state index in [2.05, 4.69) is 14.9 Å². The Hall–Kier alpha value is -3.00. The van der Waals surface area contributed by atoms with Crippen LogP contribution in [0.15, 0.2) is 40.1 Å². The van der Waals surface area contributed by atoms with Crippen molar-refractivity contribution >= 4 is 29.0 Å². The number of benzene rings is 1. The van der Waals surface area contributed by atoms with E-state index in [0.717, 1.165) is 22.7 Å². The van der Waals surface area contributed by atoms with Gasteiger partial charge in [-0.3, -0.25) is 14.5 Å². The predicted octanol–water partition coefficient (Wildman–Crippen LogP) is 4.36. The van der Waals surface area contributed by atoms with E-state index in [4.69, 9.17) is 4.42 Å². The van der Waals surface area contributed by atoms with Gasteiger partial charge in [0.2, 0.25) is 0 Å². The Morgan fingerprint density at radius 2 is 1.87 bits per heavy atom. The normalized spacial score (nSPS) is 12.5. The molecule has 0 radical (unpaired) electrons. The summed E-state index contributed by atoms with van der Waals surface area (Å²) >= 11 is 1.08. The quantitative estimate of drug-likeness (QED) is 0.655. The molecule has 0 fully saturated rings. The summed E-state index contributed by atoms with van der Waals surface area (Å²) < 4.78 is 9.64. The number of anilines is 1. The number of aryl methyl sites for hydroxylation is 3. The Labute approximate surface area is 180 Å². The number of nitrogens with zero attached hydrogens (tertiary/aromatic N) is 3. The summed E-state index contributed by atoms with van der Waals surface area (Å²) in [6.07, 6.45) is 0. The van der Waals surface area contributed by atoms with Crippen LogP contribution < -0.4 is 10.2 Å². The zero-order valence-electron chi connectivity index (χ0n) is 18.0. The molecule has 1 N–H and O–H groups in total. The lowest BCUT2D eigenvalue weighted by Crippen LogP contribution is -2.49. The smallest absolute Gasteiger partial charge is 0.280 e. The Morgan fingerprint density at radius 1 is 1.13 bits per heavy atom. The number of aromatic nitrogens is 2. The van der Waals surface area contributed by atoms with E-state index in [1.807, 2.05) is 52.8 Å². The van der Waals surface area contributed by atoms with Gasteiger partial charge in [-0.1, -0.05) is 22.2 Å². The fourth-order valence-corrected chi connectivity index (χ4v) is 3.66. The van der Waals surface area contributed by atoms with Crippen molar-refractivity contribution in [3.8, 4) is 0 Å². The van der Waals surface area contributed by atoms with Crippen LogP contribution in [-0.4, -0.2) is 26.9 Å². The van der Waals surface area contributed by atoms with Crippen molar-refractivity contribution in [2.75, 3.05) is 4.90 Å². The van der Waals surface area contributed by atoms with E-state index >= 15 is 0 Å². The second-order valence-electron chi connectivity index (χ2n) is 8.35. The van der Waals surface area contributed by atoms with E-state index in [-0.39, 0.29) is 11.6 Å². The molecule has 1 aromatic carbocycles. The third kappa shape index (κ3) is 4.76. The second kappa shape index (κ2) is 8.39. The minimum atomic E-state index is -1.01. The first-order valence-electron chi connectivity index (χ1n) is 9.63. The molecule has 7 nitrogen and oxygen atoms in total. The molecule has 0 saturated carbocycles. The highest BCUT2D eigenvalue weighted by atomic mass is 32.1. The van der Waals surface area contributed by atoms with Gasteiger partial charge in [0.1, 0.15) is 11.5 Å². The van der Waals surface area contributed by atoms with Crippen molar-refractivity contribution in [3.05, 3.63) is 64.1 Å². The van der Waals surface area contributed by atoms with Gasteiger partial charge in [0.15, 0.2) is 11.7 Å². The van der Waals surface area contributed by atoms with Crippen molar-refractivity contribution in [1.82, 2.24) is 14.9 Å². The average molecular weight is 427 g/mol. The van der Waals surface area contributed by atoms with Gasteiger partial charge in [0.05, 0.1) is 0 Å². The predicted molar refractivity (Wildman–Crippen MR) is 117 cm³/mol. The fraction of sp³-hybridized carbons (Fsp3) is 0.364. The summed E-state index contributed by atoms with van der Waals surface area (Å²) in [4.78, 5) is 28.4. The highest BCUT2D eigenvalue weighted by Gasteiger charge is 2.38. The van der Waals surface area contributed by atoms with E-state index in [1.54, 1.807) is 24.4 Å². The maximum atomic E-state index is 13.5. The van der Waals surface area contributed by atoms with Gasteiger partial charge in [-0.25, -0.2) is 0 Å². The summed E-state index contributed by atoms with van der Waals surface area (Å²) in [5, 5.41) is 8.50. The van der Waals surface area contributed by atoms with Gasteiger partial charge in [0.25, 0.3) is 11.8 Å². The minimum Gasteiger partial charge on any atom is -0.464 e. The van der Waals surface area contributed by atoms with E-state index in [9.17, 15) is 9.59 Å². The summed E-state index contributed by atoms with van der Waals surface area (Å²) in [5.74, 6) is 0.278. The SMILES string of the molecule is Cc1ccc(N(C(=O)c2csnn2)[C@H](C(=O)NC(C)(C)C)c2ccc(C)o2)c(C)c1. The van der Waals surface area contributed by atoms with E-state index in [1.165, 1.54) is 4.90 Å². The van der Waals surface area contributed by atoms with Crippen LogP contribution >= 0.6 is 11.5 Å². The molecule has 0 saturated heterocycles. The monoisotopic (exact) mass is 426 g/mol. The fourth-order valence-electron chi connectivity index (χ4n) is 3.23. The van der Waals surface area contributed by atoms with Crippen LogP contribution in [0.5, 0.6) is 0 Å². The van der Waals surface area contributed by atoms with Crippen molar-refractivity contribution in [3.63, 3.8) is 0 Å². The van der Waals surface area contributed by atoms with Crippen molar-refractivity contribution in [2.24, 2.45) is 0 Å². The topological polar surface area (TPSA) is 88.3 Å². The molecule has 2 amide bonds. The number of hydrogen-bond donors (Lipinski definition) is 1. The van der Waals surface area contributed by atoms with Crippen LogP contribution in [0, 0.1) is 20.8 Å². The number of carbonyl (C=O) groups excluding carboxylic acids is 2. The Kier molecular flexibility index (Phi) is 6.07. The number of nitrogens with one attached hydrogen (secondary N) is 1. The van der Waals surface area contributed by atoms with E-state index < -0.39 is 17.5 Å². The average Bonchev–Trinajstić information content (AvgIpc) is 3.30.